The summed E-state index contributed by atoms with van der Waals surface area (Å²) in [6, 6.07) is 0. The van der Waals surface area contributed by atoms with Gasteiger partial charge >= 0.3 is 0 Å². The summed E-state index contributed by atoms with van der Waals surface area (Å²) >= 11 is 0. The monoisotopic (exact) mass is 304 g/mol. The van der Waals surface area contributed by atoms with Crippen molar-refractivity contribution in [2.45, 2.75) is 58.1 Å². The summed E-state index contributed by atoms with van der Waals surface area (Å²) in [5.41, 5.74) is 10.7. The number of methoxy groups -OCH3 is 1. The Hall–Kier alpha value is -0.780. The lowest BCUT2D eigenvalue weighted by molar-refractivity contribution is -0.0794. The lowest BCUT2D eigenvalue weighted by Gasteiger charge is -2.39. The van der Waals surface area contributed by atoms with Gasteiger partial charge in [-0.05, 0) is 44.3 Å². The first-order valence-electron chi connectivity index (χ1n) is 7.70. The Labute approximate surface area is 127 Å². The minimum atomic E-state index is -0.871. The van der Waals surface area contributed by atoms with Gasteiger partial charge in [-0.3, -0.25) is 0 Å². The van der Waals surface area contributed by atoms with Gasteiger partial charge in [0.25, 0.3) is 0 Å². The number of halogens is 2. The molecule has 0 saturated heterocycles. The van der Waals surface area contributed by atoms with Gasteiger partial charge in [0.05, 0.1) is 0 Å². The molecular weight excluding hydrogens is 274 g/mol. The van der Waals surface area contributed by atoms with Gasteiger partial charge in [0.1, 0.15) is 5.72 Å². The molecule has 0 aromatic heterocycles. The minimum Gasteiger partial charge on any atom is -0.364 e. The highest BCUT2D eigenvalue weighted by molar-refractivity contribution is 5.18. The van der Waals surface area contributed by atoms with E-state index in [0.29, 0.717) is 12.3 Å². The summed E-state index contributed by atoms with van der Waals surface area (Å²) in [6.45, 7) is 3.95. The maximum absolute atomic E-state index is 12.3. The van der Waals surface area contributed by atoms with Crippen LogP contribution in [-0.4, -0.2) is 19.4 Å². The molecule has 1 aliphatic carbocycles. The molecule has 21 heavy (non-hydrogen) atoms. The molecule has 0 spiro atoms. The van der Waals surface area contributed by atoms with Crippen LogP contribution in [0.25, 0.3) is 0 Å². The van der Waals surface area contributed by atoms with Crippen molar-refractivity contribution in [1.29, 1.82) is 0 Å². The van der Waals surface area contributed by atoms with Gasteiger partial charge in [-0.25, -0.2) is 8.78 Å². The van der Waals surface area contributed by atoms with E-state index in [2.05, 4.69) is 6.92 Å². The molecule has 3 nitrogen and oxygen atoms in total. The maximum atomic E-state index is 12.3. The second-order valence-electron chi connectivity index (χ2n) is 5.26. The van der Waals surface area contributed by atoms with Crippen molar-refractivity contribution in [3.8, 4) is 0 Å². The van der Waals surface area contributed by atoms with Crippen molar-refractivity contribution in [2.24, 2.45) is 17.4 Å². The largest absolute Gasteiger partial charge is 0.364 e. The van der Waals surface area contributed by atoms with Crippen LogP contribution >= 0.6 is 0 Å². The molecule has 1 unspecified atom stereocenters. The van der Waals surface area contributed by atoms with Gasteiger partial charge < -0.3 is 16.2 Å². The van der Waals surface area contributed by atoms with Crippen LogP contribution in [0.1, 0.15) is 52.4 Å². The molecule has 1 aliphatic rings. The topological polar surface area (TPSA) is 61.3 Å². The van der Waals surface area contributed by atoms with Gasteiger partial charge in [-0.15, -0.1) is 0 Å². The van der Waals surface area contributed by atoms with Crippen LogP contribution in [0.15, 0.2) is 23.8 Å². The molecule has 0 amide bonds. The van der Waals surface area contributed by atoms with Crippen LogP contribution in [-0.2, 0) is 4.74 Å². The maximum Gasteiger partial charge on any atom is 0.155 e. The van der Waals surface area contributed by atoms with E-state index >= 15 is 0 Å². The number of allylic oxidation sites excluding steroid dienone is 3. The van der Waals surface area contributed by atoms with Crippen LogP contribution in [0.4, 0.5) is 8.78 Å². The van der Waals surface area contributed by atoms with Gasteiger partial charge in [0, 0.05) is 19.6 Å². The summed E-state index contributed by atoms with van der Waals surface area (Å²) in [7, 11) is 1.73. The summed E-state index contributed by atoms with van der Waals surface area (Å²) in [6.07, 6.45) is 8.61. The standard InChI is InChI=1S/C9H19NO.C7H11F2N/c1-3-8-6-4-5-7-9(8,10)11-2;1-2-3-6(8)7(9)4-5-10/h8H,3-7,10H2,1-2H3;3-4H,2,5,10H2,1H3/b;6-3+,7-4+/t8?,9-;/m0./s1. The van der Waals surface area contributed by atoms with Crippen molar-refractivity contribution >= 4 is 0 Å². The van der Waals surface area contributed by atoms with Gasteiger partial charge in [-0.1, -0.05) is 20.3 Å². The van der Waals surface area contributed by atoms with Crippen LogP contribution in [0, 0.1) is 5.92 Å². The van der Waals surface area contributed by atoms with E-state index in [1.54, 1.807) is 14.0 Å². The fraction of sp³-hybridized carbons (Fsp3) is 0.750. The van der Waals surface area contributed by atoms with Crippen LogP contribution in [0.5, 0.6) is 0 Å². The highest BCUT2D eigenvalue weighted by atomic mass is 19.2. The van der Waals surface area contributed by atoms with Crippen molar-refractivity contribution < 1.29 is 13.5 Å². The Balaban J connectivity index is 0.000000384. The first-order valence-corrected chi connectivity index (χ1v) is 7.70. The predicted molar refractivity (Wildman–Crippen MR) is 83.9 cm³/mol. The first kappa shape index (κ1) is 20.2. The predicted octanol–water partition coefficient (Wildman–Crippen LogP) is 3.95. The number of nitrogens with two attached hydrogens (primary N) is 2. The highest BCUT2D eigenvalue weighted by Crippen LogP contribution is 2.34. The fourth-order valence-corrected chi connectivity index (χ4v) is 2.54. The number of hydrogen-bond acceptors (Lipinski definition) is 3. The van der Waals surface area contributed by atoms with Crippen molar-refractivity contribution in [1.82, 2.24) is 0 Å². The van der Waals surface area contributed by atoms with Crippen LogP contribution in [0.3, 0.4) is 0 Å². The Bertz CT molecular complexity index is 327. The zero-order valence-corrected chi connectivity index (χ0v) is 13.5. The Morgan fingerprint density at radius 1 is 1.24 bits per heavy atom. The Morgan fingerprint density at radius 2 is 1.86 bits per heavy atom. The lowest BCUT2D eigenvalue weighted by atomic mass is 9.80. The second kappa shape index (κ2) is 10.9. The van der Waals surface area contributed by atoms with E-state index < -0.39 is 11.7 Å². The zero-order valence-electron chi connectivity index (χ0n) is 13.5. The molecule has 5 heteroatoms. The van der Waals surface area contributed by atoms with Crippen molar-refractivity contribution in [2.75, 3.05) is 13.7 Å². The summed E-state index contributed by atoms with van der Waals surface area (Å²) in [4.78, 5) is 0. The quantitative estimate of drug-likeness (QED) is 0.597. The van der Waals surface area contributed by atoms with Crippen LogP contribution in [0.2, 0.25) is 0 Å². The second-order valence-corrected chi connectivity index (χ2v) is 5.26. The van der Waals surface area contributed by atoms with E-state index in [1.165, 1.54) is 25.3 Å². The highest BCUT2D eigenvalue weighted by Gasteiger charge is 2.35. The third-order valence-corrected chi connectivity index (χ3v) is 3.84. The SMILES string of the molecule is CC/C=C(F)\C(F)=C/CN.CCC1CCCC[C@]1(N)OC. The van der Waals surface area contributed by atoms with E-state index in [4.69, 9.17) is 16.2 Å². The molecule has 124 valence electrons. The average molecular weight is 304 g/mol. The molecule has 0 heterocycles. The van der Waals surface area contributed by atoms with E-state index in [-0.39, 0.29) is 12.3 Å². The minimum absolute atomic E-state index is 0.0246. The van der Waals surface area contributed by atoms with E-state index in [9.17, 15) is 8.78 Å². The number of rotatable bonds is 5. The van der Waals surface area contributed by atoms with Gasteiger partial charge in [-0.2, -0.15) is 0 Å². The Kier molecular flexibility index (Phi) is 10.5. The van der Waals surface area contributed by atoms with Crippen molar-refractivity contribution in [3.05, 3.63) is 23.8 Å². The molecular formula is C16H30F2N2O. The lowest BCUT2D eigenvalue weighted by Crippen LogP contribution is -2.50. The molecule has 0 aromatic rings. The third kappa shape index (κ3) is 7.16. The van der Waals surface area contributed by atoms with E-state index in [0.717, 1.165) is 18.9 Å². The zero-order chi connectivity index (χ0) is 16.3. The first-order chi connectivity index (χ1) is 9.95. The molecule has 1 fully saturated rings. The van der Waals surface area contributed by atoms with Crippen LogP contribution < -0.4 is 11.5 Å². The fourth-order valence-electron chi connectivity index (χ4n) is 2.54. The average Bonchev–Trinajstić information content (AvgIpc) is 2.49. The number of ether oxygens (including phenoxy) is 1. The Morgan fingerprint density at radius 3 is 2.29 bits per heavy atom. The number of hydrogen-bond donors (Lipinski definition) is 2. The molecule has 1 rings (SSSR count). The molecule has 0 aromatic carbocycles. The molecule has 1 saturated carbocycles. The van der Waals surface area contributed by atoms with Crippen molar-refractivity contribution in [3.63, 3.8) is 0 Å². The summed E-state index contributed by atoms with van der Waals surface area (Å²) in [5.74, 6) is -1.13. The summed E-state index contributed by atoms with van der Waals surface area (Å²) in [5, 5.41) is 0. The van der Waals surface area contributed by atoms with Gasteiger partial charge in [0.2, 0.25) is 0 Å². The third-order valence-electron chi connectivity index (χ3n) is 3.84. The molecule has 0 bridgehead atoms. The molecule has 0 aliphatic heterocycles. The molecule has 4 N–H and O–H groups in total. The smallest absolute Gasteiger partial charge is 0.155 e. The normalized spacial score (nSPS) is 27.1. The van der Waals surface area contributed by atoms with E-state index in [1.807, 2.05) is 0 Å². The van der Waals surface area contributed by atoms with Gasteiger partial charge in [0.15, 0.2) is 11.7 Å². The molecule has 2 atom stereocenters. The molecule has 0 radical (unpaired) electrons. The summed E-state index contributed by atoms with van der Waals surface area (Å²) < 4.78 is 30.0.